The number of carbonyl (C=O) groups excluding carboxylic acids is 1. The first-order valence-electron chi connectivity index (χ1n) is 9.26. The van der Waals surface area contributed by atoms with Gasteiger partial charge in [-0.1, -0.05) is 6.92 Å². The first-order valence-corrected chi connectivity index (χ1v) is 9.26. The van der Waals surface area contributed by atoms with Crippen molar-refractivity contribution in [1.82, 2.24) is 10.2 Å². The summed E-state index contributed by atoms with van der Waals surface area (Å²) in [5, 5.41) is 3.37. The van der Waals surface area contributed by atoms with Crippen molar-refractivity contribution < 1.29 is 27.8 Å². The Morgan fingerprint density at radius 3 is 2.71 bits per heavy atom. The fourth-order valence-electron chi connectivity index (χ4n) is 3.60. The van der Waals surface area contributed by atoms with E-state index >= 15 is 0 Å². The van der Waals surface area contributed by atoms with Crippen LogP contribution in [0, 0.1) is 11.8 Å². The fourth-order valence-corrected chi connectivity index (χ4v) is 3.60. The van der Waals surface area contributed by atoms with Crippen LogP contribution in [0.25, 0.3) is 0 Å². The van der Waals surface area contributed by atoms with Gasteiger partial charge in [0.05, 0.1) is 0 Å². The van der Waals surface area contributed by atoms with Gasteiger partial charge in [-0.15, -0.1) is 12.4 Å². The van der Waals surface area contributed by atoms with Gasteiger partial charge in [-0.3, -0.25) is 4.79 Å². The van der Waals surface area contributed by atoms with E-state index in [0.29, 0.717) is 29.4 Å². The highest BCUT2D eigenvalue weighted by Gasteiger charge is 2.25. The number of piperidine rings is 1. The molecule has 9 heteroatoms. The molecule has 1 N–H and O–H groups in total. The van der Waals surface area contributed by atoms with Crippen LogP contribution < -0.4 is 19.5 Å². The second-order valence-corrected chi connectivity index (χ2v) is 7.23. The van der Waals surface area contributed by atoms with E-state index in [0.717, 1.165) is 25.9 Å². The molecule has 0 aromatic heterocycles. The Morgan fingerprint density at radius 2 is 2.07 bits per heavy atom. The van der Waals surface area contributed by atoms with Crippen LogP contribution in [0.4, 0.5) is 8.78 Å². The average Bonchev–Trinajstić information content (AvgIpc) is 3.09. The number of hydrogen-bond acceptors (Lipinski definition) is 5. The number of carbonyl (C=O) groups is 1. The predicted octanol–water partition coefficient (Wildman–Crippen LogP) is 3.42. The number of nitrogens with one attached hydrogen (secondary N) is 1. The van der Waals surface area contributed by atoms with Crippen molar-refractivity contribution in [1.29, 1.82) is 0 Å². The third kappa shape index (κ3) is 5.61. The lowest BCUT2D eigenvalue weighted by atomic mass is 9.85. The smallest absolute Gasteiger partial charge is 0.387 e. The molecule has 1 aromatic rings. The molecule has 0 radical (unpaired) electrons. The number of ether oxygens (including phenoxy) is 3. The van der Waals surface area contributed by atoms with E-state index < -0.39 is 6.61 Å². The first-order chi connectivity index (χ1) is 12.9. The van der Waals surface area contributed by atoms with E-state index in [1.807, 2.05) is 0 Å². The Labute approximate surface area is 169 Å². The zero-order chi connectivity index (χ0) is 19.4. The Bertz CT molecular complexity index is 672. The van der Waals surface area contributed by atoms with Crippen LogP contribution in [0.5, 0.6) is 17.2 Å². The minimum absolute atomic E-state index is 0. The third-order valence-electron chi connectivity index (χ3n) is 5.24. The van der Waals surface area contributed by atoms with Crippen molar-refractivity contribution in [3.8, 4) is 17.2 Å². The third-order valence-corrected chi connectivity index (χ3v) is 5.24. The van der Waals surface area contributed by atoms with E-state index in [9.17, 15) is 13.6 Å². The van der Waals surface area contributed by atoms with Gasteiger partial charge in [0.1, 0.15) is 5.75 Å². The maximum Gasteiger partial charge on any atom is 0.387 e. The van der Waals surface area contributed by atoms with Crippen LogP contribution in [0.3, 0.4) is 0 Å². The van der Waals surface area contributed by atoms with Gasteiger partial charge in [-0.05, 0) is 43.8 Å². The maximum absolute atomic E-state index is 12.7. The summed E-state index contributed by atoms with van der Waals surface area (Å²) >= 11 is 0. The molecule has 1 amide bonds. The van der Waals surface area contributed by atoms with E-state index in [2.05, 4.69) is 17.0 Å². The normalized spacial score (nSPS) is 19.1. The van der Waals surface area contributed by atoms with E-state index in [1.165, 1.54) is 6.07 Å². The quantitative estimate of drug-likeness (QED) is 0.732. The predicted molar refractivity (Wildman–Crippen MR) is 102 cm³/mol. The molecule has 1 fully saturated rings. The average molecular weight is 421 g/mol. The molecule has 28 heavy (non-hydrogen) atoms. The molecule has 1 aromatic carbocycles. The molecule has 1 saturated heterocycles. The van der Waals surface area contributed by atoms with Gasteiger partial charge in [0.2, 0.25) is 12.7 Å². The molecule has 0 aliphatic carbocycles. The summed E-state index contributed by atoms with van der Waals surface area (Å²) in [4.78, 5) is 14.2. The summed E-state index contributed by atoms with van der Waals surface area (Å²) in [7, 11) is 1.67. The molecule has 2 unspecified atom stereocenters. The standard InChI is InChI=1S/C19H26F2N2O4.ClH/c1-12(13-4-3-5-22-9-13)6-18(24)23(2)10-14-7-16-17(26-11-25-16)8-15(14)27-19(20)21;/h7-8,12-13,19,22H,3-6,9-11H2,1-2H3;1H. The highest BCUT2D eigenvalue weighted by molar-refractivity contribution is 5.85. The van der Waals surface area contributed by atoms with Gasteiger partial charge in [-0.25, -0.2) is 0 Å². The first kappa shape index (κ1) is 22.5. The zero-order valence-electron chi connectivity index (χ0n) is 16.1. The minimum Gasteiger partial charge on any atom is -0.454 e. The summed E-state index contributed by atoms with van der Waals surface area (Å²) in [5.74, 6) is 1.56. The van der Waals surface area contributed by atoms with Gasteiger partial charge < -0.3 is 24.4 Å². The summed E-state index contributed by atoms with van der Waals surface area (Å²) < 4.78 is 40.6. The van der Waals surface area contributed by atoms with Crippen molar-refractivity contribution in [2.24, 2.45) is 11.8 Å². The number of benzene rings is 1. The monoisotopic (exact) mass is 420 g/mol. The minimum atomic E-state index is -2.95. The lowest BCUT2D eigenvalue weighted by Crippen LogP contribution is -2.36. The van der Waals surface area contributed by atoms with Crippen LogP contribution in [-0.4, -0.2) is 44.3 Å². The van der Waals surface area contributed by atoms with E-state index in [4.69, 9.17) is 9.47 Å². The summed E-state index contributed by atoms with van der Waals surface area (Å²) in [6, 6.07) is 2.98. The SMILES string of the molecule is CC(CC(=O)N(C)Cc1cc2c(cc1OC(F)F)OCO2)C1CCCNC1.Cl. The number of alkyl halides is 2. The fraction of sp³-hybridized carbons (Fsp3) is 0.632. The number of halogens is 3. The molecular formula is C19H27ClF2N2O4. The number of amides is 1. The zero-order valence-corrected chi connectivity index (χ0v) is 16.9. The molecule has 2 heterocycles. The van der Waals surface area contributed by atoms with Crippen molar-refractivity contribution >= 4 is 18.3 Å². The Balaban J connectivity index is 0.00000280. The summed E-state index contributed by atoms with van der Waals surface area (Å²) in [6.07, 6.45) is 2.68. The van der Waals surface area contributed by atoms with Crippen LogP contribution in [0.15, 0.2) is 12.1 Å². The van der Waals surface area contributed by atoms with Crippen molar-refractivity contribution in [2.45, 2.75) is 39.3 Å². The van der Waals surface area contributed by atoms with Gasteiger partial charge in [0.15, 0.2) is 11.5 Å². The van der Waals surface area contributed by atoms with Gasteiger partial charge in [0, 0.05) is 31.6 Å². The lowest BCUT2D eigenvalue weighted by Gasteiger charge is -2.29. The van der Waals surface area contributed by atoms with Crippen molar-refractivity contribution in [3.63, 3.8) is 0 Å². The number of rotatable bonds is 7. The lowest BCUT2D eigenvalue weighted by molar-refractivity contribution is -0.131. The summed E-state index contributed by atoms with van der Waals surface area (Å²) in [6.45, 7) is 1.31. The number of nitrogens with zero attached hydrogens (tertiary/aromatic N) is 1. The van der Waals surface area contributed by atoms with Crippen molar-refractivity contribution in [2.75, 3.05) is 26.9 Å². The highest BCUT2D eigenvalue weighted by atomic mass is 35.5. The Morgan fingerprint density at radius 1 is 1.36 bits per heavy atom. The molecule has 2 atom stereocenters. The Hall–Kier alpha value is -1.80. The second kappa shape index (κ2) is 10.1. The van der Waals surface area contributed by atoms with E-state index in [-0.39, 0.29) is 43.3 Å². The van der Waals surface area contributed by atoms with Gasteiger partial charge >= 0.3 is 6.61 Å². The molecular weight excluding hydrogens is 394 g/mol. The van der Waals surface area contributed by atoms with Gasteiger partial charge in [0.25, 0.3) is 0 Å². The topological polar surface area (TPSA) is 60.0 Å². The summed E-state index contributed by atoms with van der Waals surface area (Å²) in [5.41, 5.74) is 0.461. The highest BCUT2D eigenvalue weighted by Crippen LogP contribution is 2.39. The second-order valence-electron chi connectivity index (χ2n) is 7.23. The number of hydrogen-bond donors (Lipinski definition) is 1. The molecule has 0 bridgehead atoms. The van der Waals surface area contributed by atoms with Gasteiger partial charge in [-0.2, -0.15) is 8.78 Å². The van der Waals surface area contributed by atoms with Crippen molar-refractivity contribution in [3.05, 3.63) is 17.7 Å². The molecule has 2 aliphatic rings. The van der Waals surface area contributed by atoms with Crippen LogP contribution in [0.2, 0.25) is 0 Å². The molecule has 2 aliphatic heterocycles. The van der Waals surface area contributed by atoms with Crippen LogP contribution >= 0.6 is 12.4 Å². The Kier molecular flexibility index (Phi) is 8.12. The molecule has 0 saturated carbocycles. The largest absolute Gasteiger partial charge is 0.454 e. The molecule has 3 rings (SSSR count). The maximum atomic E-state index is 12.7. The molecule has 6 nitrogen and oxygen atoms in total. The van der Waals surface area contributed by atoms with Crippen LogP contribution in [-0.2, 0) is 11.3 Å². The van der Waals surface area contributed by atoms with E-state index in [1.54, 1.807) is 18.0 Å². The molecule has 0 spiro atoms. The van der Waals surface area contributed by atoms with Crippen LogP contribution in [0.1, 0.15) is 31.7 Å². The number of fused-ring (bicyclic) bond motifs is 1. The molecule has 158 valence electrons.